The highest BCUT2D eigenvalue weighted by molar-refractivity contribution is 5.77. The van der Waals surface area contributed by atoms with Crippen LogP contribution in [0, 0.1) is 0 Å². The first kappa shape index (κ1) is 20.3. The van der Waals surface area contributed by atoms with Crippen molar-refractivity contribution in [3.63, 3.8) is 0 Å². The summed E-state index contributed by atoms with van der Waals surface area (Å²) in [5, 5.41) is 5.63. The van der Waals surface area contributed by atoms with Crippen LogP contribution < -0.4 is 10.6 Å². The number of carbonyl (C=O) groups is 2. The van der Waals surface area contributed by atoms with E-state index in [2.05, 4.69) is 10.6 Å². The molecule has 0 heterocycles. The molecule has 0 aromatic carbocycles. The molecule has 0 unspecified atom stereocenters. The summed E-state index contributed by atoms with van der Waals surface area (Å²) in [6.45, 7) is 7.50. The molecule has 0 saturated heterocycles. The fourth-order valence-electron chi connectivity index (χ4n) is 1.04. The molecule has 2 N–H and O–H groups in total. The molecule has 1 amide bonds. The first-order valence-electron chi connectivity index (χ1n) is 6.81. The number of hydrogen-bond donors (Lipinski definition) is 2. The van der Waals surface area contributed by atoms with E-state index in [0.29, 0.717) is 33.0 Å². The lowest BCUT2D eigenvalue weighted by Gasteiger charge is -2.06. The molecule has 0 spiro atoms. The Morgan fingerprint density at radius 2 is 1.63 bits per heavy atom. The minimum atomic E-state index is -0.119. The van der Waals surface area contributed by atoms with Crippen molar-refractivity contribution < 1.29 is 19.1 Å². The number of ether oxygens (including phenoxy) is 2. The Labute approximate surface area is 116 Å². The molecular formula is C13H28N2O4. The lowest BCUT2D eigenvalue weighted by molar-refractivity contribution is -0.122. The van der Waals surface area contributed by atoms with Crippen LogP contribution in [0.5, 0.6) is 0 Å². The molecule has 0 aliphatic heterocycles. The Balaban J connectivity index is 0. The molecule has 0 fully saturated rings. The van der Waals surface area contributed by atoms with E-state index in [9.17, 15) is 9.59 Å². The summed E-state index contributed by atoms with van der Waals surface area (Å²) in [5.74, 6) is -0.119. The van der Waals surface area contributed by atoms with Crippen LogP contribution in [-0.4, -0.2) is 58.8 Å². The van der Waals surface area contributed by atoms with E-state index in [1.165, 1.54) is 0 Å². The van der Waals surface area contributed by atoms with Crippen LogP contribution in [0.15, 0.2) is 0 Å². The lowest BCUT2D eigenvalue weighted by Crippen LogP contribution is -2.27. The molecule has 0 aliphatic carbocycles. The van der Waals surface area contributed by atoms with Crippen LogP contribution >= 0.6 is 0 Å². The van der Waals surface area contributed by atoms with Crippen molar-refractivity contribution in [3.05, 3.63) is 0 Å². The second kappa shape index (κ2) is 19.4. The van der Waals surface area contributed by atoms with Crippen molar-refractivity contribution in [2.24, 2.45) is 0 Å². The highest BCUT2D eigenvalue weighted by atomic mass is 16.5. The predicted molar refractivity (Wildman–Crippen MR) is 75.2 cm³/mol. The van der Waals surface area contributed by atoms with Crippen molar-refractivity contribution in [2.45, 2.75) is 26.7 Å². The van der Waals surface area contributed by atoms with Crippen molar-refractivity contribution in [1.82, 2.24) is 10.6 Å². The zero-order valence-electron chi connectivity index (χ0n) is 12.4. The third-order valence-corrected chi connectivity index (χ3v) is 1.93. The number of aldehydes is 1. The van der Waals surface area contributed by atoms with Crippen LogP contribution in [0.2, 0.25) is 0 Å². The van der Waals surface area contributed by atoms with Gasteiger partial charge in [0.15, 0.2) is 0 Å². The van der Waals surface area contributed by atoms with Gasteiger partial charge in [-0.2, -0.15) is 0 Å². The Hall–Kier alpha value is -0.980. The maximum Gasteiger partial charge on any atom is 0.220 e. The fraction of sp³-hybridized carbons (Fsp3) is 0.846. The molecule has 0 aromatic rings. The Morgan fingerprint density at radius 3 is 2.16 bits per heavy atom. The van der Waals surface area contributed by atoms with Gasteiger partial charge < -0.3 is 24.9 Å². The Morgan fingerprint density at radius 1 is 1.05 bits per heavy atom. The summed E-state index contributed by atoms with van der Waals surface area (Å²) in [6, 6.07) is 0. The highest BCUT2D eigenvalue weighted by Crippen LogP contribution is 1.84. The Bertz CT molecular complexity index is 201. The van der Waals surface area contributed by atoms with Gasteiger partial charge in [0, 0.05) is 25.9 Å². The van der Waals surface area contributed by atoms with Crippen LogP contribution in [-0.2, 0) is 19.1 Å². The molecule has 0 saturated carbocycles. The second-order valence-corrected chi connectivity index (χ2v) is 3.38. The van der Waals surface area contributed by atoms with Gasteiger partial charge in [-0.1, -0.05) is 13.8 Å². The van der Waals surface area contributed by atoms with Crippen molar-refractivity contribution in [3.8, 4) is 0 Å². The Kier molecular flexibility index (Phi) is 20.7. The van der Waals surface area contributed by atoms with E-state index in [0.717, 1.165) is 12.8 Å². The first-order valence-corrected chi connectivity index (χ1v) is 6.81. The summed E-state index contributed by atoms with van der Waals surface area (Å²) in [6.07, 6.45) is 1.25. The normalized spacial score (nSPS) is 9.42. The molecule has 0 aliphatic rings. The van der Waals surface area contributed by atoms with E-state index in [-0.39, 0.29) is 18.7 Å². The largest absolute Gasteiger partial charge is 0.378 e. The molecule has 0 rings (SSSR count). The highest BCUT2D eigenvalue weighted by Gasteiger charge is 1.98. The standard InChI is InChI=1S/C11H22N2O4.C2H6/c1-12-4-7-16-9-10-17-8-5-13-11(15)3-2-6-14;1-2/h6,12H,2-5,7-10H2,1H3,(H,13,15);1-2H3. The minimum absolute atomic E-state index is 0.119. The number of hydrogen-bond acceptors (Lipinski definition) is 5. The van der Waals surface area contributed by atoms with Gasteiger partial charge in [0.25, 0.3) is 0 Å². The van der Waals surface area contributed by atoms with Gasteiger partial charge in [-0.3, -0.25) is 4.79 Å². The van der Waals surface area contributed by atoms with Gasteiger partial charge in [-0.05, 0) is 7.05 Å². The molecule has 114 valence electrons. The lowest BCUT2D eigenvalue weighted by atomic mass is 10.3. The summed E-state index contributed by atoms with van der Waals surface area (Å²) < 4.78 is 10.5. The van der Waals surface area contributed by atoms with Crippen molar-refractivity contribution >= 4 is 12.2 Å². The summed E-state index contributed by atoms with van der Waals surface area (Å²) >= 11 is 0. The van der Waals surface area contributed by atoms with Crippen LogP contribution in [0.4, 0.5) is 0 Å². The molecule has 0 radical (unpaired) electrons. The summed E-state index contributed by atoms with van der Waals surface area (Å²) in [5.41, 5.74) is 0. The summed E-state index contributed by atoms with van der Waals surface area (Å²) in [4.78, 5) is 21.1. The average molecular weight is 276 g/mol. The van der Waals surface area contributed by atoms with E-state index in [1.807, 2.05) is 20.9 Å². The average Bonchev–Trinajstić information content (AvgIpc) is 2.45. The zero-order valence-corrected chi connectivity index (χ0v) is 12.4. The molecule has 0 aromatic heterocycles. The van der Waals surface area contributed by atoms with Crippen LogP contribution in [0.25, 0.3) is 0 Å². The van der Waals surface area contributed by atoms with Crippen molar-refractivity contribution in [2.75, 3.05) is 46.6 Å². The van der Waals surface area contributed by atoms with E-state index in [1.54, 1.807) is 0 Å². The van der Waals surface area contributed by atoms with E-state index < -0.39 is 0 Å². The predicted octanol–water partition coefficient (Wildman–Crippen LogP) is 0.361. The SMILES string of the molecule is CC.CNCCOCCOCCNC(=O)CCC=O. The van der Waals surface area contributed by atoms with Gasteiger partial charge in [0.05, 0.1) is 26.4 Å². The van der Waals surface area contributed by atoms with E-state index >= 15 is 0 Å². The van der Waals surface area contributed by atoms with Crippen molar-refractivity contribution in [1.29, 1.82) is 0 Å². The maximum absolute atomic E-state index is 11.1. The van der Waals surface area contributed by atoms with Gasteiger partial charge in [-0.25, -0.2) is 0 Å². The van der Waals surface area contributed by atoms with Gasteiger partial charge in [0.1, 0.15) is 6.29 Å². The third-order valence-electron chi connectivity index (χ3n) is 1.93. The number of carbonyl (C=O) groups excluding carboxylic acids is 2. The van der Waals surface area contributed by atoms with Gasteiger partial charge in [0.2, 0.25) is 5.91 Å². The van der Waals surface area contributed by atoms with Crippen LogP contribution in [0.3, 0.4) is 0 Å². The minimum Gasteiger partial charge on any atom is -0.378 e. The van der Waals surface area contributed by atoms with Gasteiger partial charge >= 0.3 is 0 Å². The number of rotatable bonds is 12. The fourth-order valence-corrected chi connectivity index (χ4v) is 1.04. The smallest absolute Gasteiger partial charge is 0.220 e. The number of nitrogens with one attached hydrogen (secondary N) is 2. The molecule has 0 atom stereocenters. The number of likely N-dealkylation sites (N-methyl/N-ethyl adjacent to an activating group) is 1. The monoisotopic (exact) mass is 276 g/mol. The molecule has 6 nitrogen and oxygen atoms in total. The third kappa shape index (κ3) is 19.5. The molecule has 19 heavy (non-hydrogen) atoms. The zero-order chi connectivity index (χ0) is 14.8. The molecule has 6 heteroatoms. The summed E-state index contributed by atoms with van der Waals surface area (Å²) in [7, 11) is 1.87. The quantitative estimate of drug-likeness (QED) is 0.397. The second-order valence-electron chi connectivity index (χ2n) is 3.38. The van der Waals surface area contributed by atoms with Crippen LogP contribution in [0.1, 0.15) is 26.7 Å². The molecule has 0 bridgehead atoms. The maximum atomic E-state index is 11.1. The first-order chi connectivity index (χ1) is 9.31. The number of amides is 1. The van der Waals surface area contributed by atoms with Gasteiger partial charge in [-0.15, -0.1) is 0 Å². The van der Waals surface area contributed by atoms with E-state index in [4.69, 9.17) is 9.47 Å². The molecular weight excluding hydrogens is 248 g/mol. The topological polar surface area (TPSA) is 76.7 Å².